The van der Waals surface area contributed by atoms with Gasteiger partial charge in [0, 0.05) is 6.54 Å². The van der Waals surface area contributed by atoms with Gasteiger partial charge in [-0.05, 0) is 36.5 Å². The Hall–Kier alpha value is -4.25. The number of methoxy groups -OCH3 is 2. The van der Waals surface area contributed by atoms with E-state index in [-0.39, 0.29) is 22.7 Å². The quantitative estimate of drug-likeness (QED) is 0.671. The zero-order valence-electron chi connectivity index (χ0n) is 19.3. The van der Waals surface area contributed by atoms with E-state index in [2.05, 4.69) is 11.4 Å². The Morgan fingerprint density at radius 1 is 1.12 bits per heavy atom. The predicted octanol–water partition coefficient (Wildman–Crippen LogP) is 3.25. The number of rotatable bonds is 4. The first-order chi connectivity index (χ1) is 16.4. The first-order valence-corrected chi connectivity index (χ1v) is 11.0. The molecule has 1 atom stereocenters. The second-order valence-corrected chi connectivity index (χ2v) is 8.13. The summed E-state index contributed by atoms with van der Waals surface area (Å²) in [6.07, 6.45) is 1.82. The number of ether oxygens (including phenoxy) is 2. The van der Waals surface area contributed by atoms with Crippen molar-refractivity contribution in [3.63, 3.8) is 0 Å². The molecule has 2 aromatic rings. The van der Waals surface area contributed by atoms with Crippen LogP contribution < -0.4 is 16.0 Å². The molecule has 0 bridgehead atoms. The third-order valence-corrected chi connectivity index (χ3v) is 6.22. The van der Waals surface area contributed by atoms with Gasteiger partial charge in [0.05, 0.1) is 48.7 Å². The average molecular weight is 459 g/mol. The molecular formula is C26H26N4O4. The Balaban J connectivity index is 2.11. The number of aryl methyl sites for hydroxylation is 2. The molecule has 8 nitrogen and oxygen atoms in total. The Morgan fingerprint density at radius 2 is 1.82 bits per heavy atom. The molecule has 3 N–H and O–H groups in total. The number of nitrogens with one attached hydrogen (secondary N) is 1. The molecule has 2 heterocycles. The van der Waals surface area contributed by atoms with E-state index in [0.29, 0.717) is 11.3 Å². The molecule has 0 spiro atoms. The summed E-state index contributed by atoms with van der Waals surface area (Å²) in [6.45, 7) is 2.64. The number of nitrogens with two attached hydrogens (primary N) is 1. The smallest absolute Gasteiger partial charge is 0.355 e. The van der Waals surface area contributed by atoms with Crippen molar-refractivity contribution in [1.29, 1.82) is 5.26 Å². The lowest BCUT2D eigenvalue weighted by Crippen LogP contribution is -2.41. The van der Waals surface area contributed by atoms with E-state index >= 15 is 0 Å². The molecule has 0 radical (unpaired) electrons. The Labute approximate surface area is 198 Å². The molecule has 34 heavy (non-hydrogen) atoms. The van der Waals surface area contributed by atoms with Crippen molar-refractivity contribution < 1.29 is 19.1 Å². The Morgan fingerprint density at radius 3 is 2.47 bits per heavy atom. The van der Waals surface area contributed by atoms with Crippen LogP contribution in [0.3, 0.4) is 0 Å². The van der Waals surface area contributed by atoms with Crippen LogP contribution in [0.1, 0.15) is 29.0 Å². The van der Waals surface area contributed by atoms with Gasteiger partial charge in [0.1, 0.15) is 11.5 Å². The SMILES string of the molecule is COC(=O)C1=C(C(=O)OC)N(c2c(C)ccc3c2NCCC3)C(N)=C(C#N)C1c1ccccc1. The highest BCUT2D eigenvalue weighted by molar-refractivity contribution is 6.07. The summed E-state index contributed by atoms with van der Waals surface area (Å²) < 4.78 is 10.2. The lowest BCUT2D eigenvalue weighted by atomic mass is 9.80. The van der Waals surface area contributed by atoms with Crippen LogP contribution in [-0.2, 0) is 25.5 Å². The highest BCUT2D eigenvalue weighted by Gasteiger charge is 2.44. The Kier molecular flexibility index (Phi) is 6.28. The van der Waals surface area contributed by atoms with Crippen molar-refractivity contribution in [1.82, 2.24) is 0 Å². The Bertz CT molecular complexity index is 1260. The van der Waals surface area contributed by atoms with Crippen molar-refractivity contribution in [3.05, 3.63) is 81.8 Å². The van der Waals surface area contributed by atoms with Gasteiger partial charge < -0.3 is 20.5 Å². The number of anilines is 2. The van der Waals surface area contributed by atoms with Crippen molar-refractivity contribution >= 4 is 23.3 Å². The van der Waals surface area contributed by atoms with Crippen LogP contribution in [0.15, 0.2) is 65.1 Å². The molecule has 8 heteroatoms. The highest BCUT2D eigenvalue weighted by Crippen LogP contribution is 2.47. The van der Waals surface area contributed by atoms with E-state index in [1.807, 2.05) is 25.1 Å². The summed E-state index contributed by atoms with van der Waals surface area (Å²) in [5, 5.41) is 13.6. The van der Waals surface area contributed by atoms with Crippen molar-refractivity contribution in [2.45, 2.75) is 25.7 Å². The lowest BCUT2D eigenvalue weighted by molar-refractivity contribution is -0.139. The number of fused-ring (bicyclic) bond motifs is 1. The number of nitrogens with zero attached hydrogens (tertiary/aromatic N) is 2. The van der Waals surface area contributed by atoms with Gasteiger partial charge in [-0.1, -0.05) is 42.5 Å². The number of hydrogen-bond acceptors (Lipinski definition) is 8. The molecular weight excluding hydrogens is 432 g/mol. The fraction of sp³-hybridized carbons (Fsp3) is 0.269. The van der Waals surface area contributed by atoms with Gasteiger partial charge in [-0.25, -0.2) is 9.59 Å². The van der Waals surface area contributed by atoms with Crippen LogP contribution in [0.4, 0.5) is 11.4 Å². The van der Waals surface area contributed by atoms with Crippen LogP contribution in [-0.4, -0.2) is 32.7 Å². The second kappa shape index (κ2) is 9.32. The maximum absolute atomic E-state index is 13.3. The molecule has 2 aliphatic rings. The summed E-state index contributed by atoms with van der Waals surface area (Å²) in [5.74, 6) is -2.32. The first-order valence-electron chi connectivity index (χ1n) is 11.0. The van der Waals surface area contributed by atoms with E-state index in [1.54, 1.807) is 24.3 Å². The van der Waals surface area contributed by atoms with Gasteiger partial charge in [-0.2, -0.15) is 5.26 Å². The standard InChI is InChI=1S/C26H26N4O4/c1-15-11-12-17-10-7-13-29-21(17)22(15)30-23(26(32)34-3)20(25(31)33-2)19(18(14-27)24(30)28)16-8-5-4-6-9-16/h4-6,8-9,11-12,19,29H,7,10,13,28H2,1-3H3. The molecule has 2 aliphatic heterocycles. The number of nitriles is 1. The number of allylic oxidation sites excluding steroid dienone is 1. The fourth-order valence-corrected chi connectivity index (χ4v) is 4.67. The summed E-state index contributed by atoms with van der Waals surface area (Å²) >= 11 is 0. The topological polar surface area (TPSA) is 118 Å². The predicted molar refractivity (Wildman–Crippen MR) is 128 cm³/mol. The monoisotopic (exact) mass is 458 g/mol. The number of benzene rings is 2. The number of carbonyl (C=O) groups is 2. The molecule has 0 fully saturated rings. The van der Waals surface area contributed by atoms with Crippen molar-refractivity contribution in [2.24, 2.45) is 5.73 Å². The normalized spacial score (nSPS) is 17.5. The molecule has 1 unspecified atom stereocenters. The average Bonchev–Trinajstić information content (AvgIpc) is 2.88. The maximum Gasteiger partial charge on any atom is 0.355 e. The molecule has 4 rings (SSSR count). The molecule has 0 amide bonds. The molecule has 0 saturated carbocycles. The van der Waals surface area contributed by atoms with Gasteiger partial charge >= 0.3 is 11.9 Å². The molecule has 174 valence electrons. The summed E-state index contributed by atoms with van der Waals surface area (Å²) in [4.78, 5) is 27.9. The van der Waals surface area contributed by atoms with Gasteiger partial charge in [-0.3, -0.25) is 4.90 Å². The van der Waals surface area contributed by atoms with Gasteiger partial charge in [0.25, 0.3) is 0 Å². The number of carbonyl (C=O) groups excluding carboxylic acids is 2. The summed E-state index contributed by atoms with van der Waals surface area (Å²) in [7, 11) is 2.48. The summed E-state index contributed by atoms with van der Waals surface area (Å²) in [6, 6.07) is 15.1. The third kappa shape index (κ3) is 3.65. The largest absolute Gasteiger partial charge is 0.466 e. The third-order valence-electron chi connectivity index (χ3n) is 6.22. The van der Waals surface area contributed by atoms with Gasteiger partial charge in [0.15, 0.2) is 0 Å². The minimum Gasteiger partial charge on any atom is -0.466 e. The second-order valence-electron chi connectivity index (χ2n) is 8.13. The van der Waals surface area contributed by atoms with Crippen molar-refractivity contribution in [2.75, 3.05) is 31.0 Å². The van der Waals surface area contributed by atoms with Crippen LogP contribution in [0, 0.1) is 18.3 Å². The van der Waals surface area contributed by atoms with E-state index in [9.17, 15) is 14.9 Å². The van der Waals surface area contributed by atoms with Crippen LogP contribution >= 0.6 is 0 Å². The minimum absolute atomic E-state index is 0.000822. The molecule has 2 aromatic carbocycles. The zero-order valence-corrected chi connectivity index (χ0v) is 19.3. The van der Waals surface area contributed by atoms with Gasteiger partial charge in [0.2, 0.25) is 0 Å². The molecule has 0 aliphatic carbocycles. The van der Waals surface area contributed by atoms with Crippen LogP contribution in [0.5, 0.6) is 0 Å². The van der Waals surface area contributed by atoms with E-state index in [0.717, 1.165) is 36.2 Å². The fourth-order valence-electron chi connectivity index (χ4n) is 4.67. The van der Waals surface area contributed by atoms with E-state index in [1.165, 1.54) is 19.1 Å². The highest BCUT2D eigenvalue weighted by atomic mass is 16.5. The minimum atomic E-state index is -0.892. The van der Waals surface area contributed by atoms with E-state index in [4.69, 9.17) is 15.2 Å². The maximum atomic E-state index is 13.3. The van der Waals surface area contributed by atoms with E-state index < -0.39 is 17.9 Å². The number of hydrogen-bond donors (Lipinski definition) is 2. The zero-order chi connectivity index (χ0) is 24.4. The van der Waals surface area contributed by atoms with Crippen LogP contribution in [0.2, 0.25) is 0 Å². The first kappa shape index (κ1) is 22.9. The molecule has 0 aromatic heterocycles. The number of esters is 2. The summed E-state index contributed by atoms with van der Waals surface area (Å²) in [5.41, 5.74) is 10.7. The molecule has 0 saturated heterocycles. The van der Waals surface area contributed by atoms with Crippen LogP contribution in [0.25, 0.3) is 0 Å². The van der Waals surface area contributed by atoms with Gasteiger partial charge in [-0.15, -0.1) is 0 Å². The van der Waals surface area contributed by atoms with Crippen molar-refractivity contribution in [3.8, 4) is 6.07 Å². The lowest BCUT2D eigenvalue weighted by Gasteiger charge is -2.38.